The fourth-order valence-electron chi connectivity index (χ4n) is 3.86. The molecule has 0 bridgehead atoms. The van der Waals surface area contributed by atoms with E-state index in [1.165, 1.54) is 0 Å². The van der Waals surface area contributed by atoms with Gasteiger partial charge in [0.25, 0.3) is 5.91 Å². The molecule has 1 saturated heterocycles. The second-order valence-electron chi connectivity index (χ2n) is 7.71. The van der Waals surface area contributed by atoms with Crippen molar-refractivity contribution < 1.29 is 9.59 Å². The van der Waals surface area contributed by atoms with Crippen molar-refractivity contribution in [1.82, 2.24) is 20.2 Å². The summed E-state index contributed by atoms with van der Waals surface area (Å²) in [5.41, 5.74) is 10.0. The summed E-state index contributed by atoms with van der Waals surface area (Å²) in [6.45, 7) is 4.43. The van der Waals surface area contributed by atoms with Crippen LogP contribution in [-0.2, 0) is 6.54 Å². The average Bonchev–Trinajstić information content (AvgIpc) is 2.84. The summed E-state index contributed by atoms with van der Waals surface area (Å²) in [6, 6.07) is 14.9. The minimum absolute atomic E-state index is 0.181. The van der Waals surface area contributed by atoms with Gasteiger partial charge in [0.1, 0.15) is 5.69 Å². The zero-order valence-electron chi connectivity index (χ0n) is 18.0. The third-order valence-corrected chi connectivity index (χ3v) is 5.64. The maximum absolute atomic E-state index is 11.7. The van der Waals surface area contributed by atoms with Gasteiger partial charge in [0.2, 0.25) is 5.91 Å². The Labute approximate surface area is 187 Å². The van der Waals surface area contributed by atoms with Crippen LogP contribution in [-0.4, -0.2) is 59.9 Å². The Morgan fingerprint density at radius 2 is 1.75 bits per heavy atom. The molecule has 0 saturated carbocycles. The first kappa shape index (κ1) is 21.5. The Balaban J connectivity index is 1.35. The first-order chi connectivity index (χ1) is 15.5. The van der Waals surface area contributed by atoms with Gasteiger partial charge in [0.15, 0.2) is 0 Å². The number of aromatic nitrogens is 2. The third-order valence-electron chi connectivity index (χ3n) is 5.64. The molecule has 2 aromatic heterocycles. The Kier molecular flexibility index (Phi) is 6.42. The fourth-order valence-corrected chi connectivity index (χ4v) is 3.86. The van der Waals surface area contributed by atoms with Gasteiger partial charge in [-0.05, 0) is 29.8 Å². The minimum Gasteiger partial charge on any atom is -0.368 e. The first-order valence-electron chi connectivity index (χ1n) is 10.5. The molecule has 1 aliphatic rings. The van der Waals surface area contributed by atoms with Gasteiger partial charge in [0, 0.05) is 57.1 Å². The maximum Gasteiger partial charge on any atom is 0.269 e. The van der Waals surface area contributed by atoms with Crippen LogP contribution in [0.1, 0.15) is 26.4 Å². The predicted octanol–water partition coefficient (Wildman–Crippen LogP) is 1.92. The Morgan fingerprint density at radius 1 is 0.969 bits per heavy atom. The number of nitrogens with one attached hydrogen (secondary N) is 1. The van der Waals surface area contributed by atoms with Crippen molar-refractivity contribution in [3.05, 3.63) is 77.7 Å². The molecule has 1 aromatic carbocycles. The van der Waals surface area contributed by atoms with E-state index in [-0.39, 0.29) is 5.91 Å². The smallest absolute Gasteiger partial charge is 0.269 e. The van der Waals surface area contributed by atoms with Gasteiger partial charge in [-0.1, -0.05) is 24.3 Å². The van der Waals surface area contributed by atoms with E-state index in [1.807, 2.05) is 36.5 Å². The van der Waals surface area contributed by atoms with Crippen LogP contribution in [0.2, 0.25) is 0 Å². The number of hydrogen-bond donors (Lipinski definition) is 2. The number of anilines is 1. The number of nitrogens with two attached hydrogens (primary N) is 1. The van der Waals surface area contributed by atoms with E-state index in [1.54, 1.807) is 31.4 Å². The summed E-state index contributed by atoms with van der Waals surface area (Å²) in [5, 5.41) is 2.58. The highest BCUT2D eigenvalue weighted by molar-refractivity contribution is 5.99. The van der Waals surface area contributed by atoms with Gasteiger partial charge in [-0.25, -0.2) is 4.98 Å². The molecule has 0 spiro atoms. The van der Waals surface area contributed by atoms with E-state index in [0.717, 1.165) is 55.2 Å². The first-order valence-corrected chi connectivity index (χ1v) is 10.5. The SMILES string of the molecule is CNC(=O)c1ccc(N2CCN(Cc3ccc(-c4ccccc4C(N)=O)nc3)CC2)cn1. The molecule has 2 amide bonds. The van der Waals surface area contributed by atoms with Gasteiger partial charge in [-0.3, -0.25) is 19.5 Å². The number of nitrogens with zero attached hydrogens (tertiary/aromatic N) is 4. The molecule has 0 radical (unpaired) electrons. The predicted molar refractivity (Wildman–Crippen MR) is 123 cm³/mol. The molecule has 8 heteroatoms. The van der Waals surface area contributed by atoms with Crippen LogP contribution < -0.4 is 16.0 Å². The van der Waals surface area contributed by atoms with E-state index < -0.39 is 5.91 Å². The lowest BCUT2D eigenvalue weighted by atomic mass is 10.0. The lowest BCUT2D eigenvalue weighted by Gasteiger charge is -2.36. The molecule has 164 valence electrons. The largest absolute Gasteiger partial charge is 0.368 e. The van der Waals surface area contributed by atoms with Crippen LogP contribution in [0.15, 0.2) is 60.9 Å². The lowest BCUT2D eigenvalue weighted by Crippen LogP contribution is -2.46. The monoisotopic (exact) mass is 430 g/mol. The second-order valence-corrected chi connectivity index (χ2v) is 7.71. The summed E-state index contributed by atoms with van der Waals surface area (Å²) in [5.74, 6) is -0.637. The van der Waals surface area contributed by atoms with Gasteiger partial charge in [0.05, 0.1) is 17.6 Å². The number of rotatable bonds is 6. The van der Waals surface area contributed by atoms with Crippen LogP contribution >= 0.6 is 0 Å². The van der Waals surface area contributed by atoms with Crippen LogP contribution in [0.4, 0.5) is 5.69 Å². The highest BCUT2D eigenvalue weighted by atomic mass is 16.2. The molecule has 4 rings (SSSR count). The van der Waals surface area contributed by atoms with E-state index in [2.05, 4.69) is 25.1 Å². The quantitative estimate of drug-likeness (QED) is 0.619. The van der Waals surface area contributed by atoms with Crippen molar-refractivity contribution >= 4 is 17.5 Å². The topological polar surface area (TPSA) is 104 Å². The molecular weight excluding hydrogens is 404 g/mol. The summed E-state index contributed by atoms with van der Waals surface area (Å²) >= 11 is 0. The molecule has 0 aliphatic carbocycles. The molecule has 3 N–H and O–H groups in total. The van der Waals surface area contributed by atoms with Crippen molar-refractivity contribution in [3.63, 3.8) is 0 Å². The minimum atomic E-state index is -0.456. The number of primary amides is 1. The van der Waals surface area contributed by atoms with Gasteiger partial charge >= 0.3 is 0 Å². The number of benzene rings is 1. The molecule has 8 nitrogen and oxygen atoms in total. The normalized spacial score (nSPS) is 14.2. The number of hydrogen-bond acceptors (Lipinski definition) is 6. The van der Waals surface area contributed by atoms with Gasteiger partial charge < -0.3 is 16.0 Å². The van der Waals surface area contributed by atoms with Gasteiger partial charge in [-0.15, -0.1) is 0 Å². The van der Waals surface area contributed by atoms with Crippen LogP contribution in [0.25, 0.3) is 11.3 Å². The molecule has 1 fully saturated rings. The Morgan fingerprint density at radius 3 is 2.38 bits per heavy atom. The van der Waals surface area contributed by atoms with Gasteiger partial charge in [-0.2, -0.15) is 0 Å². The highest BCUT2D eigenvalue weighted by Crippen LogP contribution is 2.22. The Bertz CT molecular complexity index is 1090. The van der Waals surface area contributed by atoms with Crippen molar-refractivity contribution in [3.8, 4) is 11.3 Å². The van der Waals surface area contributed by atoms with Crippen molar-refractivity contribution in [2.75, 3.05) is 38.1 Å². The van der Waals surface area contributed by atoms with Crippen LogP contribution in [0.3, 0.4) is 0 Å². The standard InChI is InChI=1S/C24H26N6O2/c1-26-24(32)22-9-7-18(15-28-22)30-12-10-29(11-13-30)16-17-6-8-21(27-14-17)19-4-2-3-5-20(19)23(25)31/h2-9,14-15H,10-13,16H2,1H3,(H2,25,31)(H,26,32). The van der Waals surface area contributed by atoms with Crippen molar-refractivity contribution in [1.29, 1.82) is 0 Å². The molecule has 1 aliphatic heterocycles. The molecule has 3 aromatic rings. The third kappa shape index (κ3) is 4.76. The molecule has 3 heterocycles. The van der Waals surface area contributed by atoms with Crippen LogP contribution in [0, 0.1) is 0 Å². The lowest BCUT2D eigenvalue weighted by molar-refractivity contribution is 0.0956. The van der Waals surface area contributed by atoms with E-state index >= 15 is 0 Å². The Hall–Kier alpha value is -3.78. The van der Waals surface area contributed by atoms with Crippen molar-refractivity contribution in [2.24, 2.45) is 5.73 Å². The molecule has 0 unspecified atom stereocenters. The number of piperazine rings is 1. The fraction of sp³-hybridized carbons (Fsp3) is 0.250. The van der Waals surface area contributed by atoms with E-state index in [4.69, 9.17) is 5.73 Å². The average molecular weight is 431 g/mol. The van der Waals surface area contributed by atoms with Crippen LogP contribution in [0.5, 0.6) is 0 Å². The van der Waals surface area contributed by atoms with E-state index in [9.17, 15) is 9.59 Å². The molecule has 32 heavy (non-hydrogen) atoms. The summed E-state index contributed by atoms with van der Waals surface area (Å²) in [4.78, 5) is 36.8. The second kappa shape index (κ2) is 9.57. The van der Waals surface area contributed by atoms with Crippen molar-refractivity contribution in [2.45, 2.75) is 6.54 Å². The summed E-state index contributed by atoms with van der Waals surface area (Å²) in [6.07, 6.45) is 3.62. The number of pyridine rings is 2. The zero-order valence-corrected chi connectivity index (χ0v) is 18.0. The molecule has 0 atom stereocenters. The molecular formula is C24H26N6O2. The number of amides is 2. The summed E-state index contributed by atoms with van der Waals surface area (Å²) < 4.78 is 0. The highest BCUT2D eigenvalue weighted by Gasteiger charge is 2.18. The summed E-state index contributed by atoms with van der Waals surface area (Å²) in [7, 11) is 1.60. The number of carbonyl (C=O) groups is 2. The zero-order chi connectivity index (χ0) is 22.5. The maximum atomic E-state index is 11.7. The number of carbonyl (C=O) groups excluding carboxylic acids is 2. The van der Waals surface area contributed by atoms with E-state index in [0.29, 0.717) is 11.3 Å².